The third-order valence-corrected chi connectivity index (χ3v) is 1.96. The van der Waals surface area contributed by atoms with E-state index in [2.05, 4.69) is 0 Å². The maximum Gasteiger partial charge on any atom is 0.239 e. The smallest absolute Gasteiger partial charge is 0.239 e. The second-order valence-electron chi connectivity index (χ2n) is 3.01. The maximum absolute atomic E-state index is 11.4. The number of nitrogens with zero attached hydrogens (tertiary/aromatic N) is 3. The topological polar surface area (TPSA) is 67.9 Å². The molecule has 0 aromatic heterocycles. The van der Waals surface area contributed by atoms with Crippen molar-refractivity contribution in [2.75, 3.05) is 7.05 Å². The Morgan fingerprint density at radius 1 is 1.46 bits per heavy atom. The van der Waals surface area contributed by atoms with E-state index in [-0.39, 0.29) is 11.9 Å². The molecule has 2 atom stereocenters. The van der Waals surface area contributed by atoms with Crippen LogP contribution in [0.1, 0.15) is 20.3 Å². The number of carbonyl (C=O) groups excluding carboxylic acids is 1. The highest BCUT2D eigenvalue weighted by Crippen LogP contribution is 2.05. The molecule has 0 aliphatic rings. The van der Waals surface area contributed by atoms with E-state index in [0.29, 0.717) is 6.42 Å². The zero-order valence-electron chi connectivity index (χ0n) is 8.11. The van der Waals surface area contributed by atoms with Gasteiger partial charge < -0.3 is 4.90 Å². The molecule has 0 aromatic carbocycles. The first-order chi connectivity index (χ1) is 6.04. The molecule has 0 aliphatic heterocycles. The van der Waals surface area contributed by atoms with Gasteiger partial charge in [-0.2, -0.15) is 10.5 Å². The van der Waals surface area contributed by atoms with Crippen LogP contribution in [0.3, 0.4) is 0 Å². The molecule has 70 valence electrons. The van der Waals surface area contributed by atoms with Gasteiger partial charge in [0.25, 0.3) is 0 Å². The Balaban J connectivity index is 4.28. The minimum atomic E-state index is -0.633. The van der Waals surface area contributed by atoms with Gasteiger partial charge in [-0.3, -0.25) is 4.79 Å². The van der Waals surface area contributed by atoms with E-state index < -0.39 is 5.92 Å². The summed E-state index contributed by atoms with van der Waals surface area (Å²) in [6.45, 7) is 3.34. The van der Waals surface area contributed by atoms with Crippen LogP contribution in [-0.4, -0.2) is 23.9 Å². The van der Waals surface area contributed by atoms with E-state index in [1.165, 1.54) is 4.90 Å². The number of rotatable bonds is 3. The molecule has 0 fully saturated rings. The molecular weight excluding hydrogens is 166 g/mol. The Hall–Kier alpha value is -1.55. The number of carbonyl (C=O) groups is 1. The minimum absolute atomic E-state index is 0.131. The largest absolute Gasteiger partial charge is 0.341 e. The molecule has 0 saturated heterocycles. The van der Waals surface area contributed by atoms with E-state index in [0.717, 1.165) is 0 Å². The Morgan fingerprint density at radius 3 is 2.38 bits per heavy atom. The van der Waals surface area contributed by atoms with Crippen LogP contribution in [0, 0.1) is 28.6 Å². The van der Waals surface area contributed by atoms with E-state index in [9.17, 15) is 4.79 Å². The second-order valence-corrected chi connectivity index (χ2v) is 3.01. The van der Waals surface area contributed by atoms with Crippen LogP contribution in [0.15, 0.2) is 0 Å². The van der Waals surface area contributed by atoms with Crippen LogP contribution in [-0.2, 0) is 4.79 Å². The summed E-state index contributed by atoms with van der Waals surface area (Å²) in [6.07, 6.45) is 0.292. The van der Waals surface area contributed by atoms with Gasteiger partial charge in [0.1, 0.15) is 5.92 Å². The molecule has 0 heterocycles. The molecule has 0 aromatic rings. The number of hydrogen-bond donors (Lipinski definition) is 0. The molecule has 2 unspecified atom stereocenters. The first-order valence-electron chi connectivity index (χ1n) is 4.07. The Morgan fingerprint density at radius 2 is 2.00 bits per heavy atom. The molecule has 0 radical (unpaired) electrons. The lowest BCUT2D eigenvalue weighted by Crippen LogP contribution is -2.37. The average molecular weight is 179 g/mol. The van der Waals surface area contributed by atoms with Crippen molar-refractivity contribution in [1.29, 1.82) is 10.5 Å². The second kappa shape index (κ2) is 5.16. The molecule has 4 nitrogen and oxygen atoms in total. The zero-order valence-corrected chi connectivity index (χ0v) is 8.11. The quantitative estimate of drug-likeness (QED) is 0.646. The molecule has 0 saturated carbocycles. The van der Waals surface area contributed by atoms with Crippen molar-refractivity contribution in [3.05, 3.63) is 0 Å². The van der Waals surface area contributed by atoms with Crippen LogP contribution in [0.5, 0.6) is 0 Å². The fraction of sp³-hybridized carbons (Fsp3) is 0.667. The van der Waals surface area contributed by atoms with Gasteiger partial charge in [0.15, 0.2) is 0 Å². The van der Waals surface area contributed by atoms with E-state index in [1.54, 1.807) is 20.9 Å². The number of nitriles is 2. The Bertz CT molecular complexity index is 261. The van der Waals surface area contributed by atoms with Crippen molar-refractivity contribution in [2.24, 2.45) is 5.92 Å². The first kappa shape index (κ1) is 11.4. The summed E-state index contributed by atoms with van der Waals surface area (Å²) >= 11 is 0. The zero-order chi connectivity index (χ0) is 10.4. The molecular formula is C9H13N3O. The normalized spacial score (nSPS) is 13.6. The van der Waals surface area contributed by atoms with Crippen molar-refractivity contribution >= 4 is 5.91 Å². The molecule has 0 aliphatic carbocycles. The van der Waals surface area contributed by atoms with Gasteiger partial charge in [-0.25, -0.2) is 0 Å². The highest BCUT2D eigenvalue weighted by Gasteiger charge is 2.20. The van der Waals surface area contributed by atoms with Crippen LogP contribution in [0.2, 0.25) is 0 Å². The van der Waals surface area contributed by atoms with Crippen molar-refractivity contribution < 1.29 is 4.79 Å². The van der Waals surface area contributed by atoms with Crippen LogP contribution in [0.25, 0.3) is 0 Å². The molecule has 1 amide bonds. The van der Waals surface area contributed by atoms with E-state index >= 15 is 0 Å². The lowest BCUT2D eigenvalue weighted by Gasteiger charge is -2.23. The predicted octanol–water partition coefficient (Wildman–Crippen LogP) is 0.907. The number of amides is 1. The average Bonchev–Trinajstić information content (AvgIpc) is 2.14. The SMILES string of the molecule is CC(C#N)C(=O)N(C)C(C)CC#N. The summed E-state index contributed by atoms with van der Waals surface area (Å²) in [6, 6.07) is 3.72. The monoisotopic (exact) mass is 179 g/mol. The van der Waals surface area contributed by atoms with Crippen molar-refractivity contribution in [3.63, 3.8) is 0 Å². The van der Waals surface area contributed by atoms with E-state index in [1.807, 2.05) is 12.1 Å². The third kappa shape index (κ3) is 3.13. The lowest BCUT2D eigenvalue weighted by molar-refractivity contribution is -0.133. The summed E-state index contributed by atoms with van der Waals surface area (Å²) < 4.78 is 0. The van der Waals surface area contributed by atoms with E-state index in [4.69, 9.17) is 10.5 Å². The summed E-state index contributed by atoms with van der Waals surface area (Å²) in [5.41, 5.74) is 0. The summed E-state index contributed by atoms with van der Waals surface area (Å²) in [5.74, 6) is -0.864. The highest BCUT2D eigenvalue weighted by atomic mass is 16.2. The van der Waals surface area contributed by atoms with Gasteiger partial charge in [-0.15, -0.1) is 0 Å². The third-order valence-electron chi connectivity index (χ3n) is 1.96. The first-order valence-corrected chi connectivity index (χ1v) is 4.07. The summed E-state index contributed by atoms with van der Waals surface area (Å²) in [4.78, 5) is 12.8. The fourth-order valence-electron chi connectivity index (χ4n) is 0.847. The van der Waals surface area contributed by atoms with Gasteiger partial charge in [-0.05, 0) is 13.8 Å². The maximum atomic E-state index is 11.4. The molecule has 4 heteroatoms. The standard InChI is InChI=1S/C9H13N3O/c1-7(6-11)9(13)12(3)8(2)4-5-10/h7-8H,4H2,1-3H3. The molecule has 0 bridgehead atoms. The van der Waals surface area contributed by atoms with Crippen LogP contribution in [0.4, 0.5) is 0 Å². The Labute approximate surface area is 78.4 Å². The van der Waals surface area contributed by atoms with Crippen LogP contribution >= 0.6 is 0 Å². The van der Waals surface area contributed by atoms with Gasteiger partial charge >= 0.3 is 0 Å². The van der Waals surface area contributed by atoms with Gasteiger partial charge in [0.2, 0.25) is 5.91 Å². The van der Waals surface area contributed by atoms with Crippen molar-refractivity contribution in [2.45, 2.75) is 26.3 Å². The summed E-state index contributed by atoms with van der Waals surface area (Å²) in [7, 11) is 1.61. The predicted molar refractivity (Wildman–Crippen MR) is 47.2 cm³/mol. The number of hydrogen-bond acceptors (Lipinski definition) is 3. The van der Waals surface area contributed by atoms with Crippen molar-refractivity contribution in [3.8, 4) is 12.1 Å². The van der Waals surface area contributed by atoms with Crippen LogP contribution < -0.4 is 0 Å². The van der Waals surface area contributed by atoms with Crippen molar-refractivity contribution in [1.82, 2.24) is 4.90 Å². The molecule has 0 rings (SSSR count). The minimum Gasteiger partial charge on any atom is -0.341 e. The highest BCUT2D eigenvalue weighted by molar-refractivity contribution is 5.80. The lowest BCUT2D eigenvalue weighted by atomic mass is 10.1. The van der Waals surface area contributed by atoms with Gasteiger partial charge in [0.05, 0.1) is 18.6 Å². The molecule has 13 heavy (non-hydrogen) atoms. The summed E-state index contributed by atoms with van der Waals surface area (Å²) in [5, 5.41) is 16.9. The van der Waals surface area contributed by atoms with Gasteiger partial charge in [0, 0.05) is 13.1 Å². The van der Waals surface area contributed by atoms with Gasteiger partial charge in [-0.1, -0.05) is 0 Å². The molecule has 0 spiro atoms. The molecule has 0 N–H and O–H groups in total. The Kier molecular flexibility index (Phi) is 4.54. The fourth-order valence-corrected chi connectivity index (χ4v) is 0.847.